The lowest BCUT2D eigenvalue weighted by atomic mass is 9.95. The molecule has 8 nitrogen and oxygen atoms in total. The standard InChI is InChI=1S/C29H33ClN4O4/c1-37-26-16-24(30)25(31)15-23(26)28(35)33-17-19-11-13-34(14-12-19)18-27(38-29(32)36)22-9-7-21(8-10-22)20-5-3-2-4-6-20/h2-10,15-16,19,27H,11-14,17-18,31H2,1H3,(H2,32,36)(H,33,35). The van der Waals surface area contributed by atoms with Gasteiger partial charge in [-0.1, -0.05) is 66.2 Å². The number of ether oxygens (including phenoxy) is 2. The summed E-state index contributed by atoms with van der Waals surface area (Å²) in [6.45, 7) is 2.73. The monoisotopic (exact) mass is 536 g/mol. The highest BCUT2D eigenvalue weighted by Gasteiger charge is 2.25. The molecule has 1 aliphatic rings. The highest BCUT2D eigenvalue weighted by Crippen LogP contribution is 2.29. The van der Waals surface area contributed by atoms with Crippen LogP contribution in [-0.4, -0.2) is 50.2 Å². The molecule has 0 radical (unpaired) electrons. The Bertz CT molecular complexity index is 1250. The number of nitrogen functional groups attached to an aromatic ring is 1. The number of anilines is 1. The lowest BCUT2D eigenvalue weighted by Gasteiger charge is -2.34. The second-order valence-corrected chi connectivity index (χ2v) is 9.85. The topological polar surface area (TPSA) is 120 Å². The number of nitrogens with zero attached hydrogens (tertiary/aromatic N) is 1. The van der Waals surface area contributed by atoms with E-state index in [1.54, 1.807) is 6.07 Å². The molecule has 1 saturated heterocycles. The lowest BCUT2D eigenvalue weighted by molar-refractivity contribution is 0.0633. The van der Waals surface area contributed by atoms with E-state index in [9.17, 15) is 9.59 Å². The molecule has 0 bridgehead atoms. The van der Waals surface area contributed by atoms with E-state index in [1.165, 1.54) is 13.2 Å². The van der Waals surface area contributed by atoms with Crippen molar-refractivity contribution in [1.29, 1.82) is 0 Å². The Labute approximate surface area is 227 Å². The zero-order valence-electron chi connectivity index (χ0n) is 21.4. The van der Waals surface area contributed by atoms with Crippen LogP contribution in [-0.2, 0) is 4.74 Å². The van der Waals surface area contributed by atoms with Gasteiger partial charge in [0.15, 0.2) is 0 Å². The van der Waals surface area contributed by atoms with Gasteiger partial charge in [-0.25, -0.2) is 4.79 Å². The predicted molar refractivity (Wildman–Crippen MR) is 149 cm³/mol. The van der Waals surface area contributed by atoms with Crippen molar-refractivity contribution in [3.8, 4) is 16.9 Å². The first-order valence-corrected chi connectivity index (χ1v) is 13.0. The molecule has 0 aliphatic carbocycles. The van der Waals surface area contributed by atoms with Crippen molar-refractivity contribution in [3.05, 3.63) is 82.9 Å². The number of halogens is 1. The molecule has 0 spiro atoms. The molecule has 3 aromatic rings. The number of likely N-dealkylation sites (tertiary alicyclic amines) is 1. The fourth-order valence-corrected chi connectivity index (χ4v) is 4.88. The molecule has 1 heterocycles. The zero-order valence-corrected chi connectivity index (χ0v) is 22.1. The number of benzene rings is 3. The molecule has 2 amide bonds. The van der Waals surface area contributed by atoms with Gasteiger partial charge < -0.3 is 26.3 Å². The first kappa shape index (κ1) is 27.3. The molecule has 200 valence electrons. The van der Waals surface area contributed by atoms with Crippen molar-refractivity contribution in [3.63, 3.8) is 0 Å². The normalized spacial score (nSPS) is 15.0. The third kappa shape index (κ3) is 6.96. The number of amides is 2. The number of piperidine rings is 1. The molecule has 1 atom stereocenters. The molecule has 5 N–H and O–H groups in total. The van der Waals surface area contributed by atoms with E-state index < -0.39 is 12.2 Å². The Kier molecular flexibility index (Phi) is 9.10. The second kappa shape index (κ2) is 12.7. The van der Waals surface area contributed by atoms with Crippen LogP contribution in [0.25, 0.3) is 11.1 Å². The molecule has 0 aromatic heterocycles. The Morgan fingerprint density at radius 1 is 1.05 bits per heavy atom. The van der Waals surface area contributed by atoms with Gasteiger partial charge in [0, 0.05) is 19.2 Å². The van der Waals surface area contributed by atoms with E-state index in [1.807, 2.05) is 42.5 Å². The molecule has 4 rings (SSSR count). The largest absolute Gasteiger partial charge is 0.496 e. The summed E-state index contributed by atoms with van der Waals surface area (Å²) in [6.07, 6.45) is 0.543. The summed E-state index contributed by atoms with van der Waals surface area (Å²) in [4.78, 5) is 26.7. The van der Waals surface area contributed by atoms with Crippen LogP contribution in [0.15, 0.2) is 66.7 Å². The van der Waals surface area contributed by atoms with Gasteiger partial charge in [0.05, 0.1) is 23.4 Å². The zero-order chi connectivity index (χ0) is 27.1. The fraction of sp³-hybridized carbons (Fsp3) is 0.310. The van der Waals surface area contributed by atoms with Crippen molar-refractivity contribution in [2.24, 2.45) is 11.7 Å². The molecule has 1 aliphatic heterocycles. The number of primary amides is 1. The average Bonchev–Trinajstić information content (AvgIpc) is 2.93. The van der Waals surface area contributed by atoms with Gasteiger partial charge in [-0.2, -0.15) is 0 Å². The summed E-state index contributed by atoms with van der Waals surface area (Å²) in [6, 6.07) is 21.2. The lowest BCUT2D eigenvalue weighted by Crippen LogP contribution is -2.41. The van der Waals surface area contributed by atoms with Crippen LogP contribution < -0.4 is 21.5 Å². The van der Waals surface area contributed by atoms with Gasteiger partial charge in [-0.15, -0.1) is 0 Å². The number of hydrogen-bond donors (Lipinski definition) is 3. The fourth-order valence-electron chi connectivity index (χ4n) is 4.73. The van der Waals surface area contributed by atoms with Crippen molar-refractivity contribution in [1.82, 2.24) is 10.2 Å². The number of rotatable bonds is 9. The van der Waals surface area contributed by atoms with E-state index in [0.29, 0.717) is 41.0 Å². The van der Waals surface area contributed by atoms with Crippen molar-refractivity contribution in [2.45, 2.75) is 18.9 Å². The summed E-state index contributed by atoms with van der Waals surface area (Å²) in [5.41, 5.74) is 15.1. The molecule has 3 aromatic carbocycles. The predicted octanol–water partition coefficient (Wildman–Crippen LogP) is 4.88. The highest BCUT2D eigenvalue weighted by molar-refractivity contribution is 6.33. The minimum atomic E-state index is -0.794. The minimum absolute atomic E-state index is 0.249. The van der Waals surface area contributed by atoms with Crippen molar-refractivity contribution < 1.29 is 19.1 Å². The highest BCUT2D eigenvalue weighted by atomic mass is 35.5. The van der Waals surface area contributed by atoms with Crippen LogP contribution in [0.4, 0.5) is 10.5 Å². The molecule has 1 unspecified atom stereocenters. The molecule has 9 heteroatoms. The van der Waals surface area contributed by atoms with E-state index in [0.717, 1.165) is 42.6 Å². The Hall–Kier alpha value is -3.75. The second-order valence-electron chi connectivity index (χ2n) is 9.44. The average molecular weight is 537 g/mol. The van der Waals surface area contributed by atoms with E-state index in [4.69, 9.17) is 32.5 Å². The number of hydrogen-bond acceptors (Lipinski definition) is 6. The van der Waals surface area contributed by atoms with Gasteiger partial charge in [-0.3, -0.25) is 9.69 Å². The van der Waals surface area contributed by atoms with Crippen LogP contribution in [0.1, 0.15) is 34.9 Å². The molecular formula is C29H33ClN4O4. The molecule has 1 fully saturated rings. The van der Waals surface area contributed by atoms with Crippen molar-refractivity contribution >= 4 is 29.3 Å². The van der Waals surface area contributed by atoms with Crippen LogP contribution in [0.5, 0.6) is 5.75 Å². The summed E-state index contributed by atoms with van der Waals surface area (Å²) in [5, 5.41) is 3.34. The molecule has 38 heavy (non-hydrogen) atoms. The number of carbonyl (C=O) groups is 2. The van der Waals surface area contributed by atoms with Gasteiger partial charge >= 0.3 is 6.09 Å². The summed E-state index contributed by atoms with van der Waals surface area (Å²) < 4.78 is 10.8. The summed E-state index contributed by atoms with van der Waals surface area (Å²) >= 11 is 6.04. The van der Waals surface area contributed by atoms with Gasteiger partial charge in [0.25, 0.3) is 5.91 Å². The summed E-state index contributed by atoms with van der Waals surface area (Å²) in [7, 11) is 1.49. The number of carbonyl (C=O) groups excluding carboxylic acids is 2. The van der Waals surface area contributed by atoms with E-state index in [2.05, 4.69) is 22.3 Å². The molecular weight excluding hydrogens is 504 g/mol. The Balaban J connectivity index is 1.31. The minimum Gasteiger partial charge on any atom is -0.496 e. The smallest absolute Gasteiger partial charge is 0.405 e. The van der Waals surface area contributed by atoms with Crippen molar-refractivity contribution in [2.75, 3.05) is 39.0 Å². The maximum Gasteiger partial charge on any atom is 0.405 e. The maximum atomic E-state index is 12.8. The third-order valence-corrected chi connectivity index (χ3v) is 7.22. The molecule has 0 saturated carbocycles. The van der Waals surface area contributed by atoms with Crippen LogP contribution >= 0.6 is 11.6 Å². The Morgan fingerprint density at radius 3 is 2.34 bits per heavy atom. The SMILES string of the molecule is COc1cc(Cl)c(N)cc1C(=O)NCC1CCN(CC(OC(N)=O)c2ccc(-c3ccccc3)cc2)CC1. The van der Waals surface area contributed by atoms with E-state index >= 15 is 0 Å². The van der Waals surface area contributed by atoms with Gasteiger partial charge in [-0.05, 0) is 54.6 Å². The van der Waals surface area contributed by atoms with E-state index in [-0.39, 0.29) is 5.91 Å². The van der Waals surface area contributed by atoms with Crippen LogP contribution in [0, 0.1) is 5.92 Å². The van der Waals surface area contributed by atoms with Crippen LogP contribution in [0.2, 0.25) is 5.02 Å². The summed E-state index contributed by atoms with van der Waals surface area (Å²) in [5.74, 6) is 0.460. The third-order valence-electron chi connectivity index (χ3n) is 6.89. The van der Waals surface area contributed by atoms with Gasteiger partial charge in [0.2, 0.25) is 0 Å². The first-order chi connectivity index (χ1) is 18.3. The maximum absolute atomic E-state index is 12.8. The number of nitrogens with one attached hydrogen (secondary N) is 1. The number of methoxy groups -OCH3 is 1. The quantitative estimate of drug-likeness (QED) is 0.335. The first-order valence-electron chi connectivity index (χ1n) is 12.6. The Morgan fingerprint density at radius 2 is 1.71 bits per heavy atom. The number of nitrogens with two attached hydrogens (primary N) is 2. The van der Waals surface area contributed by atoms with Gasteiger partial charge in [0.1, 0.15) is 11.9 Å². The van der Waals surface area contributed by atoms with Crippen LogP contribution in [0.3, 0.4) is 0 Å².